The highest BCUT2D eigenvalue weighted by atomic mass is 16.4. The minimum Gasteiger partial charge on any atom is -0.550 e. The zero-order valence-corrected chi connectivity index (χ0v) is 11.8. The first kappa shape index (κ1) is 16.1. The van der Waals surface area contributed by atoms with E-state index in [1.807, 2.05) is 0 Å². The van der Waals surface area contributed by atoms with Crippen molar-refractivity contribution in [2.75, 3.05) is 27.7 Å². The average Bonchev–Trinajstić information content (AvgIpc) is 2.25. The molecular formula is C14H19NO5. The fraction of sp³-hybridized carbons (Fsp3) is 0.429. The topological polar surface area (TPSA) is 97.7 Å². The minimum absolute atomic E-state index is 0.107. The number of carboxylic acid groups (broad SMARTS) is 1. The number of carboxylic acids is 1. The average molecular weight is 281 g/mol. The Labute approximate surface area is 117 Å². The first-order valence-corrected chi connectivity index (χ1v) is 6.11. The van der Waals surface area contributed by atoms with Gasteiger partial charge in [-0.15, -0.1) is 0 Å². The van der Waals surface area contributed by atoms with Crippen molar-refractivity contribution in [1.29, 1.82) is 0 Å². The van der Waals surface area contributed by atoms with Gasteiger partial charge in [-0.25, -0.2) is 0 Å². The Morgan fingerprint density at radius 3 is 2.25 bits per heavy atom. The van der Waals surface area contributed by atoms with Crippen LogP contribution in [0.3, 0.4) is 0 Å². The van der Waals surface area contributed by atoms with Crippen LogP contribution in [-0.2, 0) is 4.79 Å². The Morgan fingerprint density at radius 1 is 1.25 bits per heavy atom. The van der Waals surface area contributed by atoms with Crippen molar-refractivity contribution in [3.63, 3.8) is 0 Å². The summed E-state index contributed by atoms with van der Waals surface area (Å²) in [6, 6.07) is 5.70. The van der Waals surface area contributed by atoms with Gasteiger partial charge in [0.2, 0.25) is 5.78 Å². The minimum atomic E-state index is -2.13. The first-order chi connectivity index (χ1) is 9.05. The van der Waals surface area contributed by atoms with E-state index in [2.05, 4.69) is 0 Å². The lowest BCUT2D eigenvalue weighted by Crippen LogP contribution is -2.56. The van der Waals surface area contributed by atoms with Crippen molar-refractivity contribution in [3.8, 4) is 5.75 Å². The van der Waals surface area contributed by atoms with Crippen LogP contribution in [0.4, 0.5) is 0 Å². The predicted octanol–water partition coefficient (Wildman–Crippen LogP) is -0.848. The Hall–Kier alpha value is -1.92. The number of ketones is 1. The number of para-hydroxylation sites is 1. The molecule has 1 atom stereocenters. The summed E-state index contributed by atoms with van der Waals surface area (Å²) >= 11 is 0. The van der Waals surface area contributed by atoms with Gasteiger partial charge < -0.3 is 24.6 Å². The maximum absolute atomic E-state index is 12.4. The number of carbonyl (C=O) groups is 2. The summed E-state index contributed by atoms with van der Waals surface area (Å²) in [6.45, 7) is -0.117. The van der Waals surface area contributed by atoms with Crippen molar-refractivity contribution < 1.29 is 29.4 Å². The van der Waals surface area contributed by atoms with Gasteiger partial charge in [-0.05, 0) is 12.1 Å². The number of nitrogens with zero attached hydrogens (tertiary/aromatic N) is 1. The fourth-order valence-corrected chi connectivity index (χ4v) is 2.15. The molecule has 6 nitrogen and oxygen atoms in total. The maximum Gasteiger partial charge on any atom is 0.204 e. The highest BCUT2D eigenvalue weighted by Gasteiger charge is 2.42. The number of quaternary nitrogens is 1. The van der Waals surface area contributed by atoms with E-state index in [4.69, 9.17) is 0 Å². The molecule has 1 unspecified atom stereocenters. The van der Waals surface area contributed by atoms with Crippen LogP contribution in [0.25, 0.3) is 0 Å². The van der Waals surface area contributed by atoms with Crippen LogP contribution in [0.15, 0.2) is 24.3 Å². The number of aliphatic hydroxyl groups is 1. The number of carbonyl (C=O) groups excluding carboxylic acids is 2. The van der Waals surface area contributed by atoms with Crippen molar-refractivity contribution in [3.05, 3.63) is 29.8 Å². The zero-order valence-electron chi connectivity index (χ0n) is 11.8. The number of hydrogen-bond donors (Lipinski definition) is 2. The molecule has 0 bridgehead atoms. The highest BCUT2D eigenvalue weighted by molar-refractivity contribution is 6.05. The van der Waals surface area contributed by atoms with E-state index >= 15 is 0 Å². The molecule has 0 aromatic heterocycles. The number of aromatic hydroxyl groups is 1. The molecule has 0 aliphatic heterocycles. The number of aliphatic carboxylic acids is 1. The summed E-state index contributed by atoms with van der Waals surface area (Å²) in [5.74, 6) is -2.65. The van der Waals surface area contributed by atoms with Gasteiger partial charge in [0.05, 0.1) is 26.7 Å². The number of Topliss-reactive ketones (excluding diaryl/α,β-unsaturated/α-hetero) is 1. The van der Waals surface area contributed by atoms with Gasteiger partial charge in [0.1, 0.15) is 12.3 Å². The SMILES string of the molecule is C[N+](C)(C)CC(O)(CC(=O)[O-])C(=O)c1ccccc1O. The van der Waals surface area contributed by atoms with E-state index in [-0.39, 0.29) is 22.3 Å². The fourth-order valence-electron chi connectivity index (χ4n) is 2.15. The molecule has 6 heteroatoms. The summed E-state index contributed by atoms with van der Waals surface area (Å²) in [5, 5.41) is 31.0. The maximum atomic E-state index is 12.4. The van der Waals surface area contributed by atoms with E-state index in [0.717, 1.165) is 0 Å². The largest absolute Gasteiger partial charge is 0.550 e. The van der Waals surface area contributed by atoms with Gasteiger partial charge >= 0.3 is 0 Å². The normalized spacial score (nSPS) is 14.6. The summed E-state index contributed by atoms with van der Waals surface area (Å²) < 4.78 is 0.184. The van der Waals surface area contributed by atoms with Crippen LogP contribution >= 0.6 is 0 Å². The molecule has 1 aromatic rings. The summed E-state index contributed by atoms with van der Waals surface area (Å²) in [4.78, 5) is 23.2. The van der Waals surface area contributed by atoms with Gasteiger partial charge in [0, 0.05) is 12.4 Å². The second kappa shape index (κ2) is 5.60. The smallest absolute Gasteiger partial charge is 0.204 e. The van der Waals surface area contributed by atoms with Crippen LogP contribution in [0, 0.1) is 0 Å². The van der Waals surface area contributed by atoms with E-state index in [0.29, 0.717) is 0 Å². The number of rotatable bonds is 6. The molecule has 2 N–H and O–H groups in total. The molecule has 0 aliphatic rings. The second-order valence-corrected chi connectivity index (χ2v) is 5.88. The lowest BCUT2D eigenvalue weighted by Gasteiger charge is -2.34. The number of benzene rings is 1. The zero-order chi connectivity index (χ0) is 15.6. The molecule has 110 valence electrons. The van der Waals surface area contributed by atoms with Crippen LogP contribution in [-0.4, -0.2) is 59.7 Å². The van der Waals surface area contributed by atoms with Crippen molar-refractivity contribution in [2.45, 2.75) is 12.0 Å². The molecule has 1 rings (SSSR count). The van der Waals surface area contributed by atoms with E-state index in [1.54, 1.807) is 21.1 Å². The molecule has 0 aliphatic carbocycles. The van der Waals surface area contributed by atoms with Crippen LogP contribution < -0.4 is 5.11 Å². The molecule has 0 heterocycles. The number of hydrogen-bond acceptors (Lipinski definition) is 5. The Kier molecular flexibility index (Phi) is 4.52. The molecule has 0 saturated carbocycles. The summed E-state index contributed by atoms with van der Waals surface area (Å²) in [7, 11) is 5.16. The van der Waals surface area contributed by atoms with Gasteiger partial charge in [0.15, 0.2) is 5.60 Å². The molecular weight excluding hydrogens is 262 g/mol. The Morgan fingerprint density at radius 2 is 1.80 bits per heavy atom. The molecule has 0 saturated heterocycles. The third kappa shape index (κ3) is 4.04. The quantitative estimate of drug-likeness (QED) is 0.523. The van der Waals surface area contributed by atoms with Gasteiger partial charge in [-0.1, -0.05) is 12.1 Å². The van der Waals surface area contributed by atoms with E-state index in [9.17, 15) is 24.9 Å². The molecule has 20 heavy (non-hydrogen) atoms. The highest BCUT2D eigenvalue weighted by Crippen LogP contribution is 2.25. The lowest BCUT2D eigenvalue weighted by atomic mass is 9.88. The third-order valence-electron chi connectivity index (χ3n) is 2.74. The molecule has 0 amide bonds. The van der Waals surface area contributed by atoms with Gasteiger partial charge in [-0.2, -0.15) is 0 Å². The summed E-state index contributed by atoms with van der Waals surface area (Å²) in [6.07, 6.45) is -0.824. The van der Waals surface area contributed by atoms with Gasteiger partial charge in [-0.3, -0.25) is 4.79 Å². The van der Waals surface area contributed by atoms with Crippen LogP contribution in [0.1, 0.15) is 16.8 Å². The van der Waals surface area contributed by atoms with Gasteiger partial charge in [0.25, 0.3) is 0 Å². The van der Waals surface area contributed by atoms with Crippen LogP contribution in [0.2, 0.25) is 0 Å². The van der Waals surface area contributed by atoms with Crippen molar-refractivity contribution in [1.82, 2.24) is 0 Å². The Bertz CT molecular complexity index is 521. The van der Waals surface area contributed by atoms with Crippen molar-refractivity contribution >= 4 is 11.8 Å². The second-order valence-electron chi connectivity index (χ2n) is 5.88. The van der Waals surface area contributed by atoms with Crippen molar-refractivity contribution in [2.24, 2.45) is 0 Å². The molecule has 0 spiro atoms. The van der Waals surface area contributed by atoms with E-state index in [1.165, 1.54) is 24.3 Å². The first-order valence-electron chi connectivity index (χ1n) is 6.11. The van der Waals surface area contributed by atoms with Crippen LogP contribution in [0.5, 0.6) is 5.75 Å². The molecule has 0 fully saturated rings. The number of phenols is 1. The monoisotopic (exact) mass is 281 g/mol. The molecule has 0 radical (unpaired) electrons. The van der Waals surface area contributed by atoms with E-state index < -0.39 is 23.8 Å². The molecule has 1 aromatic carbocycles. The summed E-state index contributed by atoms with van der Waals surface area (Å²) in [5.41, 5.74) is -2.24. The standard InChI is InChI=1S/C14H19NO5/c1-15(2,3)9-14(20,8-12(17)18)13(19)10-6-4-5-7-11(10)16/h4-7,20H,8-9H2,1-3H3,(H-,16,17,18,19). The number of likely N-dealkylation sites (N-methyl/N-ethyl adjacent to an activating group) is 1. The Balaban J connectivity index is 3.20. The third-order valence-corrected chi connectivity index (χ3v) is 2.74. The lowest BCUT2D eigenvalue weighted by molar-refractivity contribution is -0.875. The predicted molar refractivity (Wildman–Crippen MR) is 69.9 cm³/mol. The number of phenolic OH excluding ortho intramolecular Hbond substituents is 1.